The Bertz CT molecular complexity index is 582. The molecule has 1 N–H and O–H groups in total. The minimum Gasteiger partial charge on any atom is -0.395 e. The van der Waals surface area contributed by atoms with Crippen molar-refractivity contribution in [3.8, 4) is 0 Å². The Morgan fingerprint density at radius 2 is 2.00 bits per heavy atom. The zero-order valence-corrected chi connectivity index (χ0v) is 11.7. The van der Waals surface area contributed by atoms with Crippen LogP contribution in [0.2, 0.25) is 0 Å². The Labute approximate surface area is 114 Å². The van der Waals surface area contributed by atoms with Crippen LogP contribution in [0.3, 0.4) is 0 Å². The molecule has 1 saturated heterocycles. The second-order valence-electron chi connectivity index (χ2n) is 5.38. The van der Waals surface area contributed by atoms with Crippen LogP contribution in [0.4, 0.5) is 0 Å². The van der Waals surface area contributed by atoms with Crippen LogP contribution in [-0.4, -0.2) is 37.0 Å². The van der Waals surface area contributed by atoms with Crippen LogP contribution in [-0.2, 0) is 22.9 Å². The first-order valence-electron chi connectivity index (χ1n) is 6.87. The summed E-state index contributed by atoms with van der Waals surface area (Å²) in [5.74, 6) is 0. The molecule has 0 spiro atoms. The van der Waals surface area contributed by atoms with Crippen LogP contribution in [0.1, 0.15) is 30.4 Å². The van der Waals surface area contributed by atoms with E-state index in [9.17, 15) is 13.5 Å². The third-order valence-electron chi connectivity index (χ3n) is 4.21. The van der Waals surface area contributed by atoms with Gasteiger partial charge in [-0.3, -0.25) is 0 Å². The van der Waals surface area contributed by atoms with Gasteiger partial charge in [-0.25, -0.2) is 8.42 Å². The van der Waals surface area contributed by atoms with Gasteiger partial charge in [-0.05, 0) is 55.4 Å². The first kappa shape index (κ1) is 13.1. The van der Waals surface area contributed by atoms with Gasteiger partial charge >= 0.3 is 0 Å². The Balaban J connectivity index is 1.96. The number of sulfonamides is 1. The Hall–Kier alpha value is -0.910. The lowest BCUT2D eigenvalue weighted by Crippen LogP contribution is -2.37. The molecule has 5 heteroatoms. The van der Waals surface area contributed by atoms with Crippen molar-refractivity contribution < 1.29 is 13.5 Å². The van der Waals surface area contributed by atoms with E-state index in [1.807, 2.05) is 12.1 Å². The molecule has 1 heterocycles. The van der Waals surface area contributed by atoms with Gasteiger partial charge in [-0.2, -0.15) is 4.31 Å². The lowest BCUT2D eigenvalue weighted by atomic mass is 10.1. The molecular weight excluding hydrogens is 262 g/mol. The highest BCUT2D eigenvalue weighted by Gasteiger charge is 2.35. The zero-order valence-electron chi connectivity index (χ0n) is 10.9. The predicted octanol–water partition coefficient (Wildman–Crippen LogP) is 1.32. The van der Waals surface area contributed by atoms with Gasteiger partial charge in [0, 0.05) is 12.6 Å². The van der Waals surface area contributed by atoms with Gasteiger partial charge in [0.25, 0.3) is 0 Å². The van der Waals surface area contributed by atoms with Crippen molar-refractivity contribution in [3.05, 3.63) is 29.3 Å². The molecule has 2 aliphatic rings. The number of rotatable bonds is 3. The molecule has 1 aliphatic carbocycles. The summed E-state index contributed by atoms with van der Waals surface area (Å²) in [6, 6.07) is 5.23. The maximum absolute atomic E-state index is 12.6. The molecule has 0 radical (unpaired) electrons. The maximum Gasteiger partial charge on any atom is 0.243 e. The summed E-state index contributed by atoms with van der Waals surface area (Å²) in [5.41, 5.74) is 2.44. The fourth-order valence-corrected chi connectivity index (χ4v) is 4.89. The first-order valence-corrected chi connectivity index (χ1v) is 8.31. The second kappa shape index (κ2) is 4.89. The van der Waals surface area contributed by atoms with E-state index in [4.69, 9.17) is 0 Å². The van der Waals surface area contributed by atoms with E-state index in [2.05, 4.69) is 0 Å². The van der Waals surface area contributed by atoms with Crippen LogP contribution in [0.15, 0.2) is 23.1 Å². The maximum atomic E-state index is 12.6. The number of hydrogen-bond donors (Lipinski definition) is 1. The number of hydrogen-bond acceptors (Lipinski definition) is 3. The van der Waals surface area contributed by atoms with Crippen LogP contribution in [0.25, 0.3) is 0 Å². The summed E-state index contributed by atoms with van der Waals surface area (Å²) in [6.07, 6.45) is 4.72. The standard InChI is InChI=1S/C14H19NO3S/c16-10-13-5-2-8-15(13)19(17,18)14-7-6-11-3-1-4-12(11)9-14/h6-7,9,13,16H,1-5,8,10H2. The highest BCUT2D eigenvalue weighted by atomic mass is 32.2. The molecule has 1 atom stereocenters. The minimum absolute atomic E-state index is 0.0931. The smallest absolute Gasteiger partial charge is 0.243 e. The molecule has 1 aliphatic heterocycles. The largest absolute Gasteiger partial charge is 0.395 e. The summed E-state index contributed by atoms with van der Waals surface area (Å²) < 4.78 is 26.7. The van der Waals surface area contributed by atoms with Crippen molar-refractivity contribution in [1.82, 2.24) is 4.31 Å². The highest BCUT2D eigenvalue weighted by Crippen LogP contribution is 2.29. The first-order chi connectivity index (χ1) is 9.13. The van der Waals surface area contributed by atoms with Gasteiger partial charge < -0.3 is 5.11 Å². The van der Waals surface area contributed by atoms with Crippen molar-refractivity contribution in [2.75, 3.05) is 13.2 Å². The molecule has 1 unspecified atom stereocenters. The van der Waals surface area contributed by atoms with Gasteiger partial charge in [0.2, 0.25) is 10.0 Å². The van der Waals surface area contributed by atoms with E-state index < -0.39 is 10.0 Å². The van der Waals surface area contributed by atoms with Crippen LogP contribution < -0.4 is 0 Å². The number of fused-ring (bicyclic) bond motifs is 1. The fraction of sp³-hybridized carbons (Fsp3) is 0.571. The van der Waals surface area contributed by atoms with Gasteiger partial charge in [-0.1, -0.05) is 6.07 Å². The lowest BCUT2D eigenvalue weighted by Gasteiger charge is -2.22. The van der Waals surface area contributed by atoms with Crippen molar-refractivity contribution >= 4 is 10.0 Å². The van der Waals surface area contributed by atoms with Crippen molar-refractivity contribution in [1.29, 1.82) is 0 Å². The predicted molar refractivity (Wildman–Crippen MR) is 72.5 cm³/mol. The molecule has 0 aromatic heterocycles. The average molecular weight is 281 g/mol. The van der Waals surface area contributed by atoms with Crippen LogP contribution >= 0.6 is 0 Å². The molecule has 1 fully saturated rings. The van der Waals surface area contributed by atoms with E-state index in [-0.39, 0.29) is 12.6 Å². The van der Waals surface area contributed by atoms with E-state index in [0.29, 0.717) is 11.4 Å². The molecule has 4 nitrogen and oxygen atoms in total. The monoisotopic (exact) mass is 281 g/mol. The normalized spacial score (nSPS) is 23.7. The molecule has 3 rings (SSSR count). The summed E-state index contributed by atoms with van der Waals surface area (Å²) in [6.45, 7) is 0.425. The highest BCUT2D eigenvalue weighted by molar-refractivity contribution is 7.89. The van der Waals surface area contributed by atoms with E-state index in [0.717, 1.165) is 32.1 Å². The van der Waals surface area contributed by atoms with Crippen LogP contribution in [0.5, 0.6) is 0 Å². The van der Waals surface area contributed by atoms with E-state index >= 15 is 0 Å². The zero-order chi connectivity index (χ0) is 13.5. The number of aliphatic hydroxyl groups excluding tert-OH is 1. The van der Waals surface area contributed by atoms with E-state index in [1.165, 1.54) is 15.4 Å². The third kappa shape index (κ3) is 2.20. The summed E-state index contributed by atoms with van der Waals surface area (Å²) in [5, 5.41) is 9.30. The van der Waals surface area contributed by atoms with Crippen LogP contribution in [0, 0.1) is 0 Å². The topological polar surface area (TPSA) is 57.6 Å². The Morgan fingerprint density at radius 3 is 2.79 bits per heavy atom. The third-order valence-corrected chi connectivity index (χ3v) is 6.16. The molecule has 1 aromatic rings. The second-order valence-corrected chi connectivity index (χ2v) is 7.27. The lowest BCUT2D eigenvalue weighted by molar-refractivity contribution is 0.213. The summed E-state index contributed by atoms with van der Waals surface area (Å²) in [4.78, 5) is 0.383. The molecule has 19 heavy (non-hydrogen) atoms. The van der Waals surface area contributed by atoms with Gasteiger partial charge in [0.05, 0.1) is 11.5 Å². The van der Waals surface area contributed by atoms with Gasteiger partial charge in [0.1, 0.15) is 0 Å². The quantitative estimate of drug-likeness (QED) is 0.909. The van der Waals surface area contributed by atoms with Crippen molar-refractivity contribution in [2.24, 2.45) is 0 Å². The van der Waals surface area contributed by atoms with Gasteiger partial charge in [-0.15, -0.1) is 0 Å². The molecule has 0 saturated carbocycles. The van der Waals surface area contributed by atoms with E-state index in [1.54, 1.807) is 6.07 Å². The summed E-state index contributed by atoms with van der Waals surface area (Å²) in [7, 11) is -3.45. The SMILES string of the molecule is O=S(=O)(c1ccc2c(c1)CCC2)N1CCCC1CO. The average Bonchev–Trinajstić information content (AvgIpc) is 3.06. The van der Waals surface area contributed by atoms with Gasteiger partial charge in [0.15, 0.2) is 0 Å². The Morgan fingerprint density at radius 1 is 1.21 bits per heavy atom. The number of aliphatic hydroxyl groups is 1. The molecular formula is C14H19NO3S. The molecule has 104 valence electrons. The molecule has 1 aromatic carbocycles. The van der Waals surface area contributed by atoms with Crippen molar-refractivity contribution in [2.45, 2.75) is 43.0 Å². The Kier molecular flexibility index (Phi) is 3.37. The fourth-order valence-electron chi connectivity index (χ4n) is 3.15. The number of aryl methyl sites for hydroxylation is 2. The minimum atomic E-state index is -3.45. The summed E-state index contributed by atoms with van der Waals surface area (Å²) >= 11 is 0. The number of nitrogens with zero attached hydrogens (tertiary/aromatic N) is 1. The molecule has 0 bridgehead atoms. The molecule has 0 amide bonds. The van der Waals surface area contributed by atoms with Crippen molar-refractivity contribution in [3.63, 3.8) is 0 Å². The number of benzene rings is 1.